The van der Waals surface area contributed by atoms with Gasteiger partial charge in [-0.05, 0) is 24.3 Å². The number of nitrogens with zero attached hydrogens (tertiary/aromatic N) is 1. The van der Waals surface area contributed by atoms with Crippen LogP contribution in [-0.2, 0) is 6.18 Å². The number of rotatable bonds is 2. The van der Waals surface area contributed by atoms with Crippen LogP contribution in [0.1, 0.15) is 5.56 Å². The molecule has 3 aromatic rings. The van der Waals surface area contributed by atoms with Crippen LogP contribution < -0.4 is 0 Å². The van der Waals surface area contributed by atoms with E-state index in [0.717, 1.165) is 6.07 Å². The lowest BCUT2D eigenvalue weighted by Crippen LogP contribution is -2.06. The van der Waals surface area contributed by atoms with Gasteiger partial charge < -0.3 is 0 Å². The molecule has 0 bridgehead atoms. The van der Waals surface area contributed by atoms with Crippen molar-refractivity contribution in [2.45, 2.75) is 6.18 Å². The fourth-order valence-corrected chi connectivity index (χ4v) is 2.23. The van der Waals surface area contributed by atoms with Crippen LogP contribution in [0.2, 0.25) is 0 Å². The molecule has 1 heterocycles. The Morgan fingerprint density at radius 3 is 2.18 bits per heavy atom. The Morgan fingerprint density at radius 1 is 0.864 bits per heavy atom. The third-order valence-corrected chi connectivity index (χ3v) is 3.25. The van der Waals surface area contributed by atoms with Gasteiger partial charge >= 0.3 is 6.18 Å². The van der Waals surface area contributed by atoms with Gasteiger partial charge in [-0.1, -0.05) is 30.3 Å². The molecule has 0 saturated carbocycles. The van der Waals surface area contributed by atoms with E-state index in [-0.39, 0.29) is 22.5 Å². The van der Waals surface area contributed by atoms with E-state index in [9.17, 15) is 17.6 Å². The van der Waals surface area contributed by atoms with Crippen LogP contribution in [-0.4, -0.2) is 10.2 Å². The van der Waals surface area contributed by atoms with Gasteiger partial charge in [-0.15, -0.1) is 0 Å². The van der Waals surface area contributed by atoms with E-state index in [1.165, 1.54) is 42.5 Å². The molecule has 1 aromatic heterocycles. The van der Waals surface area contributed by atoms with Crippen LogP contribution in [0.5, 0.6) is 0 Å². The third kappa shape index (κ3) is 2.59. The van der Waals surface area contributed by atoms with Crippen LogP contribution in [0.3, 0.4) is 0 Å². The molecule has 112 valence electrons. The minimum Gasteiger partial charge on any atom is -0.277 e. The summed E-state index contributed by atoms with van der Waals surface area (Å²) in [5.74, 6) is -0.482. The Morgan fingerprint density at radius 2 is 1.50 bits per heavy atom. The van der Waals surface area contributed by atoms with E-state index in [4.69, 9.17) is 0 Å². The number of alkyl halides is 3. The van der Waals surface area contributed by atoms with Crippen molar-refractivity contribution in [3.05, 3.63) is 66.0 Å². The first-order valence-corrected chi connectivity index (χ1v) is 6.44. The average Bonchev–Trinajstić information content (AvgIpc) is 2.96. The van der Waals surface area contributed by atoms with Crippen LogP contribution in [0.25, 0.3) is 22.5 Å². The summed E-state index contributed by atoms with van der Waals surface area (Å²) < 4.78 is 52.8. The van der Waals surface area contributed by atoms with Crippen molar-refractivity contribution < 1.29 is 17.6 Å². The van der Waals surface area contributed by atoms with E-state index in [1.54, 1.807) is 6.07 Å². The molecule has 2 aromatic carbocycles. The van der Waals surface area contributed by atoms with Crippen LogP contribution >= 0.6 is 0 Å². The highest BCUT2D eigenvalue weighted by Crippen LogP contribution is 2.37. The molecule has 0 aliphatic rings. The molecule has 0 aliphatic carbocycles. The van der Waals surface area contributed by atoms with E-state index < -0.39 is 17.6 Å². The van der Waals surface area contributed by atoms with E-state index in [1.807, 2.05) is 0 Å². The predicted octanol–water partition coefficient (Wildman–Crippen LogP) is 4.90. The van der Waals surface area contributed by atoms with Gasteiger partial charge in [0.15, 0.2) is 0 Å². The molecule has 22 heavy (non-hydrogen) atoms. The topological polar surface area (TPSA) is 28.7 Å². The average molecular weight is 306 g/mol. The Labute approximate surface area is 123 Å². The van der Waals surface area contributed by atoms with E-state index in [0.29, 0.717) is 0 Å². The Hall–Kier alpha value is -2.63. The number of aromatic nitrogens is 2. The first-order chi connectivity index (χ1) is 10.5. The molecule has 6 heteroatoms. The zero-order valence-corrected chi connectivity index (χ0v) is 11.2. The molecule has 0 aliphatic heterocycles. The van der Waals surface area contributed by atoms with Crippen molar-refractivity contribution in [3.63, 3.8) is 0 Å². The lowest BCUT2D eigenvalue weighted by atomic mass is 10.0. The fourth-order valence-electron chi connectivity index (χ4n) is 2.23. The molecular formula is C16H10F4N2. The van der Waals surface area contributed by atoms with Gasteiger partial charge in [-0.2, -0.15) is 18.3 Å². The maximum atomic E-state index is 13.7. The second-order valence-corrected chi connectivity index (χ2v) is 4.69. The predicted molar refractivity (Wildman–Crippen MR) is 74.4 cm³/mol. The fraction of sp³-hybridized carbons (Fsp3) is 0.0625. The number of benzene rings is 2. The number of hydrogen-bond donors (Lipinski definition) is 1. The van der Waals surface area contributed by atoms with Crippen LogP contribution in [0.15, 0.2) is 54.6 Å². The lowest BCUT2D eigenvalue weighted by molar-refractivity contribution is -0.137. The number of aromatic amines is 1. The van der Waals surface area contributed by atoms with Gasteiger partial charge in [-0.25, -0.2) is 4.39 Å². The van der Waals surface area contributed by atoms with Gasteiger partial charge in [0.25, 0.3) is 0 Å². The molecule has 2 nitrogen and oxygen atoms in total. The molecule has 1 N–H and O–H groups in total. The second-order valence-electron chi connectivity index (χ2n) is 4.69. The maximum absolute atomic E-state index is 13.7. The van der Waals surface area contributed by atoms with Gasteiger partial charge in [0.1, 0.15) is 5.82 Å². The Kier molecular flexibility index (Phi) is 3.44. The molecule has 0 fully saturated rings. The summed E-state index contributed by atoms with van der Waals surface area (Å²) in [6.07, 6.45) is -4.47. The maximum Gasteiger partial charge on any atom is 0.417 e. The van der Waals surface area contributed by atoms with Gasteiger partial charge in [-0.3, -0.25) is 5.10 Å². The normalized spacial score (nSPS) is 11.6. The van der Waals surface area contributed by atoms with E-state index >= 15 is 0 Å². The molecule has 0 radical (unpaired) electrons. The monoisotopic (exact) mass is 306 g/mol. The second kappa shape index (κ2) is 5.29. The molecule has 0 unspecified atom stereocenters. The van der Waals surface area contributed by atoms with Crippen molar-refractivity contribution in [3.8, 4) is 22.5 Å². The molecular weight excluding hydrogens is 296 g/mol. The molecule has 0 spiro atoms. The van der Waals surface area contributed by atoms with Gasteiger partial charge in [0.05, 0.1) is 17.0 Å². The van der Waals surface area contributed by atoms with Crippen molar-refractivity contribution >= 4 is 0 Å². The minimum absolute atomic E-state index is 0.0231. The zero-order valence-electron chi connectivity index (χ0n) is 11.2. The van der Waals surface area contributed by atoms with E-state index in [2.05, 4.69) is 10.2 Å². The Balaban J connectivity index is 2.08. The zero-order chi connectivity index (χ0) is 15.7. The van der Waals surface area contributed by atoms with Crippen molar-refractivity contribution in [1.29, 1.82) is 0 Å². The number of hydrogen-bond acceptors (Lipinski definition) is 1. The quantitative estimate of drug-likeness (QED) is 0.670. The first kappa shape index (κ1) is 14.3. The summed E-state index contributed by atoms with van der Waals surface area (Å²) >= 11 is 0. The van der Waals surface area contributed by atoms with Gasteiger partial charge in [0.2, 0.25) is 0 Å². The number of H-pyrrole nitrogens is 1. The van der Waals surface area contributed by atoms with Crippen LogP contribution in [0, 0.1) is 5.82 Å². The molecule has 3 rings (SSSR count). The SMILES string of the molecule is Fc1ccccc1-c1cc(-c2ccccc2C(F)(F)F)[nH]n1. The first-order valence-electron chi connectivity index (χ1n) is 6.44. The largest absolute Gasteiger partial charge is 0.417 e. The highest BCUT2D eigenvalue weighted by molar-refractivity contribution is 5.70. The summed E-state index contributed by atoms with van der Waals surface area (Å²) in [7, 11) is 0. The van der Waals surface area contributed by atoms with Gasteiger partial charge in [0, 0.05) is 11.1 Å². The lowest BCUT2D eigenvalue weighted by Gasteiger charge is -2.10. The highest BCUT2D eigenvalue weighted by Gasteiger charge is 2.33. The smallest absolute Gasteiger partial charge is 0.277 e. The summed E-state index contributed by atoms with van der Waals surface area (Å²) in [5, 5.41) is 6.46. The summed E-state index contributed by atoms with van der Waals surface area (Å²) in [4.78, 5) is 0. The summed E-state index contributed by atoms with van der Waals surface area (Å²) in [5.41, 5.74) is -0.116. The standard InChI is InChI=1S/C16H10F4N2/c17-13-8-4-2-6-11(13)15-9-14(21-22-15)10-5-1-3-7-12(10)16(18,19)20/h1-9H,(H,21,22). The molecule has 0 amide bonds. The minimum atomic E-state index is -4.47. The van der Waals surface area contributed by atoms with Crippen molar-refractivity contribution in [2.24, 2.45) is 0 Å². The van der Waals surface area contributed by atoms with Crippen molar-refractivity contribution in [1.82, 2.24) is 10.2 Å². The third-order valence-electron chi connectivity index (χ3n) is 3.25. The highest BCUT2D eigenvalue weighted by atomic mass is 19.4. The van der Waals surface area contributed by atoms with Crippen LogP contribution in [0.4, 0.5) is 17.6 Å². The number of halogens is 4. The van der Waals surface area contributed by atoms with Crippen molar-refractivity contribution in [2.75, 3.05) is 0 Å². The summed E-state index contributed by atoms with van der Waals surface area (Å²) in [6.45, 7) is 0. The molecule has 0 saturated heterocycles. The Bertz CT molecular complexity index is 806. The molecule has 0 atom stereocenters. The summed E-state index contributed by atoms with van der Waals surface area (Å²) in [6, 6.07) is 12.5. The number of nitrogens with one attached hydrogen (secondary N) is 1.